The highest BCUT2D eigenvalue weighted by Crippen LogP contribution is 2.36. The van der Waals surface area contributed by atoms with Gasteiger partial charge in [-0.2, -0.15) is 14.0 Å². The number of alkyl halides is 2. The fourth-order valence-corrected chi connectivity index (χ4v) is 3.79. The summed E-state index contributed by atoms with van der Waals surface area (Å²) in [6.45, 7) is 1.80. The zero-order valence-corrected chi connectivity index (χ0v) is 16.5. The number of benzene rings is 2. The maximum absolute atomic E-state index is 12.6. The van der Waals surface area contributed by atoms with Crippen molar-refractivity contribution < 1.29 is 13.5 Å². The van der Waals surface area contributed by atoms with E-state index in [0.29, 0.717) is 17.6 Å². The van der Waals surface area contributed by atoms with Gasteiger partial charge in [0.2, 0.25) is 0 Å². The summed E-state index contributed by atoms with van der Waals surface area (Å²) in [6, 6.07) is 14.9. The van der Waals surface area contributed by atoms with Crippen LogP contribution >= 0.6 is 11.9 Å². The number of nitrogens with one attached hydrogen (secondary N) is 1. The first-order chi connectivity index (χ1) is 13.6. The van der Waals surface area contributed by atoms with E-state index in [1.807, 2.05) is 35.8 Å². The molecule has 3 aromatic rings. The van der Waals surface area contributed by atoms with Gasteiger partial charge in [-0.05, 0) is 43.2 Å². The molecule has 0 aliphatic rings. The highest BCUT2D eigenvalue weighted by atomic mass is 32.2. The fraction of sp³-hybridized carbons (Fsp3) is 0.286. The maximum Gasteiger partial charge on any atom is 0.387 e. The highest BCUT2D eigenvalue weighted by molar-refractivity contribution is 8.00. The second-order valence-corrected chi connectivity index (χ2v) is 7.07. The molecular formula is C21H21F2N3OS. The van der Waals surface area contributed by atoms with Gasteiger partial charge in [0.05, 0.1) is 16.8 Å². The molecular weight excluding hydrogens is 380 g/mol. The molecule has 0 bridgehead atoms. The van der Waals surface area contributed by atoms with E-state index in [4.69, 9.17) is 0 Å². The molecule has 1 heterocycles. The summed E-state index contributed by atoms with van der Waals surface area (Å²) in [6.07, 6.45) is 1.09. The zero-order chi connectivity index (χ0) is 20.1. The third kappa shape index (κ3) is 4.07. The average Bonchev–Trinajstić information content (AvgIpc) is 3.01. The van der Waals surface area contributed by atoms with Crippen LogP contribution in [0.25, 0.3) is 22.2 Å². The van der Waals surface area contributed by atoms with Gasteiger partial charge in [0, 0.05) is 29.4 Å². The summed E-state index contributed by atoms with van der Waals surface area (Å²) < 4.78 is 34.9. The Balaban J connectivity index is 2.05. The number of nitrogens with zero attached hydrogens (tertiary/aromatic N) is 2. The van der Waals surface area contributed by atoms with Gasteiger partial charge in [-0.15, -0.1) is 0 Å². The standard InChI is InChI=1S/C21H21F2N3OS/c1-3-11-28-25-15-7-5-14(6-8-15)20-18(13-24)17-10-9-16(27-21(22)23)12-19(17)26(20)4-2/h5-10,12,21,25H,3-4,11H2,1-2H3. The molecule has 2 aromatic carbocycles. The second-order valence-electron chi connectivity index (χ2n) is 6.17. The van der Waals surface area contributed by atoms with Crippen LogP contribution in [-0.4, -0.2) is 16.9 Å². The normalized spacial score (nSPS) is 11.0. The number of rotatable bonds is 8. The molecule has 146 valence electrons. The van der Waals surface area contributed by atoms with Crippen LogP contribution < -0.4 is 9.46 Å². The van der Waals surface area contributed by atoms with Crippen molar-refractivity contribution in [3.05, 3.63) is 48.0 Å². The third-order valence-electron chi connectivity index (χ3n) is 4.34. The van der Waals surface area contributed by atoms with Gasteiger partial charge >= 0.3 is 6.61 Å². The highest BCUT2D eigenvalue weighted by Gasteiger charge is 2.19. The number of ether oxygens (including phenoxy) is 1. The molecule has 0 aliphatic heterocycles. The molecule has 0 unspecified atom stereocenters. The Labute approximate surface area is 167 Å². The topological polar surface area (TPSA) is 50.0 Å². The van der Waals surface area contributed by atoms with Crippen molar-refractivity contribution in [2.75, 3.05) is 10.5 Å². The lowest BCUT2D eigenvalue weighted by atomic mass is 10.1. The van der Waals surface area contributed by atoms with Crippen molar-refractivity contribution >= 4 is 28.5 Å². The molecule has 0 radical (unpaired) electrons. The van der Waals surface area contributed by atoms with Gasteiger partial charge in [-0.3, -0.25) is 0 Å². The van der Waals surface area contributed by atoms with Gasteiger partial charge in [0.25, 0.3) is 0 Å². The number of hydrogen-bond donors (Lipinski definition) is 1. The molecule has 0 fully saturated rings. The number of nitriles is 1. The largest absolute Gasteiger partial charge is 0.435 e. The molecule has 0 saturated heterocycles. The zero-order valence-electron chi connectivity index (χ0n) is 15.7. The van der Waals surface area contributed by atoms with Crippen LogP contribution in [0.5, 0.6) is 5.75 Å². The lowest BCUT2D eigenvalue weighted by Crippen LogP contribution is -2.02. The Morgan fingerprint density at radius 3 is 2.54 bits per heavy atom. The van der Waals surface area contributed by atoms with Crippen molar-refractivity contribution in [2.24, 2.45) is 0 Å². The molecule has 0 aliphatic carbocycles. The molecule has 3 rings (SSSR count). The quantitative estimate of drug-likeness (QED) is 0.357. The van der Waals surface area contributed by atoms with Crippen molar-refractivity contribution in [1.82, 2.24) is 4.57 Å². The van der Waals surface area contributed by atoms with Crippen molar-refractivity contribution in [1.29, 1.82) is 5.26 Å². The van der Waals surface area contributed by atoms with E-state index < -0.39 is 6.61 Å². The lowest BCUT2D eigenvalue weighted by Gasteiger charge is -2.11. The molecule has 0 atom stereocenters. The molecule has 0 amide bonds. The van der Waals surface area contributed by atoms with Crippen molar-refractivity contribution in [3.63, 3.8) is 0 Å². The fourth-order valence-electron chi connectivity index (χ4n) is 3.18. The van der Waals surface area contributed by atoms with Gasteiger partial charge < -0.3 is 14.0 Å². The first kappa shape index (κ1) is 20.0. The molecule has 7 heteroatoms. The van der Waals surface area contributed by atoms with E-state index in [0.717, 1.165) is 34.5 Å². The summed E-state index contributed by atoms with van der Waals surface area (Å²) in [5.41, 5.74) is 3.90. The van der Waals surface area contributed by atoms with Crippen LogP contribution in [0.3, 0.4) is 0 Å². The third-order valence-corrected chi connectivity index (χ3v) is 5.34. The van der Waals surface area contributed by atoms with Crippen molar-refractivity contribution in [2.45, 2.75) is 33.4 Å². The Morgan fingerprint density at radius 1 is 1.18 bits per heavy atom. The lowest BCUT2D eigenvalue weighted by molar-refractivity contribution is -0.0497. The second kappa shape index (κ2) is 8.98. The van der Waals surface area contributed by atoms with E-state index in [-0.39, 0.29) is 5.75 Å². The maximum atomic E-state index is 12.6. The summed E-state index contributed by atoms with van der Waals surface area (Å²) in [5, 5.41) is 10.5. The van der Waals surface area contributed by atoms with Crippen molar-refractivity contribution in [3.8, 4) is 23.1 Å². The van der Waals surface area contributed by atoms with Gasteiger partial charge in [-0.1, -0.05) is 31.0 Å². The number of anilines is 1. The molecule has 1 N–H and O–H groups in total. The molecule has 1 aromatic heterocycles. The van der Waals surface area contributed by atoms with E-state index in [1.54, 1.807) is 24.1 Å². The first-order valence-corrected chi connectivity index (χ1v) is 10.1. The van der Waals surface area contributed by atoms with Crippen LogP contribution in [0.15, 0.2) is 42.5 Å². The minimum atomic E-state index is -2.89. The van der Waals surface area contributed by atoms with Gasteiger partial charge in [-0.25, -0.2) is 0 Å². The Kier molecular flexibility index (Phi) is 6.42. The van der Waals surface area contributed by atoms with E-state index in [1.165, 1.54) is 6.07 Å². The molecule has 0 spiro atoms. The number of hydrogen-bond acceptors (Lipinski definition) is 4. The van der Waals surface area contributed by atoms with E-state index >= 15 is 0 Å². The number of aryl methyl sites for hydroxylation is 1. The molecule has 0 saturated carbocycles. The average molecular weight is 401 g/mol. The van der Waals surface area contributed by atoms with Crippen LogP contribution in [-0.2, 0) is 6.54 Å². The predicted molar refractivity (Wildman–Crippen MR) is 111 cm³/mol. The van der Waals surface area contributed by atoms with Gasteiger partial charge in [0.1, 0.15) is 11.8 Å². The van der Waals surface area contributed by atoms with Crippen LogP contribution in [0, 0.1) is 11.3 Å². The summed E-state index contributed by atoms with van der Waals surface area (Å²) in [7, 11) is 0. The summed E-state index contributed by atoms with van der Waals surface area (Å²) in [4.78, 5) is 0. The smallest absolute Gasteiger partial charge is 0.387 e. The van der Waals surface area contributed by atoms with Gasteiger partial charge in [0.15, 0.2) is 0 Å². The first-order valence-electron chi connectivity index (χ1n) is 9.08. The Bertz CT molecular complexity index is 994. The molecule has 28 heavy (non-hydrogen) atoms. The summed E-state index contributed by atoms with van der Waals surface area (Å²) in [5.74, 6) is 1.10. The van der Waals surface area contributed by atoms with Crippen LogP contribution in [0.4, 0.5) is 14.5 Å². The van der Waals surface area contributed by atoms with E-state index in [9.17, 15) is 14.0 Å². The van der Waals surface area contributed by atoms with Crippen LogP contribution in [0.1, 0.15) is 25.8 Å². The number of aromatic nitrogens is 1. The number of fused-ring (bicyclic) bond motifs is 1. The Hall–Kier alpha value is -2.72. The number of halogens is 2. The molecule has 4 nitrogen and oxygen atoms in total. The predicted octanol–water partition coefficient (Wildman–Crippen LogP) is 6.27. The monoisotopic (exact) mass is 401 g/mol. The minimum absolute atomic E-state index is 0.0817. The SMILES string of the molecule is CCCSNc1ccc(-c2c(C#N)c3ccc(OC(F)F)cc3n2CC)cc1. The minimum Gasteiger partial charge on any atom is -0.435 e. The summed E-state index contributed by atoms with van der Waals surface area (Å²) >= 11 is 1.65. The van der Waals surface area contributed by atoms with E-state index in [2.05, 4.69) is 22.5 Å². The van der Waals surface area contributed by atoms with Crippen LogP contribution in [0.2, 0.25) is 0 Å². The Morgan fingerprint density at radius 2 is 1.93 bits per heavy atom.